The van der Waals surface area contributed by atoms with Gasteiger partial charge in [-0.25, -0.2) is 0 Å². The molecule has 5 heteroatoms. The Hall–Kier alpha value is -1.75. The van der Waals surface area contributed by atoms with Crippen molar-refractivity contribution in [1.82, 2.24) is 5.32 Å². The normalized spacial score (nSPS) is 14.1. The van der Waals surface area contributed by atoms with Crippen LogP contribution >= 0.6 is 0 Å². The van der Waals surface area contributed by atoms with Gasteiger partial charge in [0.05, 0.1) is 13.7 Å². The van der Waals surface area contributed by atoms with Crippen LogP contribution in [0, 0.1) is 0 Å². The number of hydrogen-bond donors (Lipinski definition) is 2. The lowest BCUT2D eigenvalue weighted by Crippen LogP contribution is -2.36. The van der Waals surface area contributed by atoms with E-state index in [0.717, 1.165) is 29.8 Å². The van der Waals surface area contributed by atoms with Gasteiger partial charge in [0.1, 0.15) is 5.75 Å². The Labute approximate surface area is 113 Å². The SMILES string of the molecule is COc1ccc(CN)c(N(C)CC(=O)NC2CC2)c1. The molecule has 1 aliphatic rings. The van der Waals surface area contributed by atoms with Gasteiger partial charge >= 0.3 is 0 Å². The number of hydrogen-bond acceptors (Lipinski definition) is 4. The third-order valence-electron chi connectivity index (χ3n) is 3.25. The van der Waals surface area contributed by atoms with Crippen LogP contribution in [0.3, 0.4) is 0 Å². The Morgan fingerprint density at radius 2 is 2.26 bits per heavy atom. The van der Waals surface area contributed by atoms with Crippen LogP contribution in [0.5, 0.6) is 5.75 Å². The number of likely N-dealkylation sites (N-methyl/N-ethyl adjacent to an activating group) is 1. The van der Waals surface area contributed by atoms with E-state index in [9.17, 15) is 4.79 Å². The van der Waals surface area contributed by atoms with Crippen molar-refractivity contribution in [2.24, 2.45) is 5.73 Å². The summed E-state index contributed by atoms with van der Waals surface area (Å²) in [6.07, 6.45) is 2.20. The van der Waals surface area contributed by atoms with E-state index in [1.807, 2.05) is 30.1 Å². The Morgan fingerprint density at radius 3 is 2.84 bits per heavy atom. The molecule has 1 saturated carbocycles. The van der Waals surface area contributed by atoms with E-state index in [4.69, 9.17) is 10.5 Å². The fraction of sp³-hybridized carbons (Fsp3) is 0.500. The molecule has 1 aliphatic carbocycles. The van der Waals surface area contributed by atoms with Crippen LogP contribution in [0.2, 0.25) is 0 Å². The average molecular weight is 263 g/mol. The zero-order chi connectivity index (χ0) is 13.8. The summed E-state index contributed by atoms with van der Waals surface area (Å²) in [7, 11) is 3.52. The predicted molar refractivity (Wildman–Crippen MR) is 75.3 cm³/mol. The van der Waals surface area contributed by atoms with Crippen LogP contribution in [0.15, 0.2) is 18.2 Å². The highest BCUT2D eigenvalue weighted by atomic mass is 16.5. The highest BCUT2D eigenvalue weighted by molar-refractivity contribution is 5.82. The maximum absolute atomic E-state index is 11.8. The molecule has 1 aromatic carbocycles. The largest absolute Gasteiger partial charge is 0.497 e. The van der Waals surface area contributed by atoms with E-state index in [1.165, 1.54) is 0 Å². The van der Waals surface area contributed by atoms with E-state index in [1.54, 1.807) is 7.11 Å². The lowest BCUT2D eigenvalue weighted by atomic mass is 10.1. The second-order valence-corrected chi connectivity index (χ2v) is 4.90. The highest BCUT2D eigenvalue weighted by Crippen LogP contribution is 2.25. The van der Waals surface area contributed by atoms with Gasteiger partial charge in [0.25, 0.3) is 0 Å². The number of methoxy groups -OCH3 is 1. The summed E-state index contributed by atoms with van der Waals surface area (Å²) in [5.41, 5.74) is 7.67. The first kappa shape index (κ1) is 13.7. The molecule has 0 saturated heterocycles. The second kappa shape index (κ2) is 5.93. The first-order valence-electron chi connectivity index (χ1n) is 6.51. The van der Waals surface area contributed by atoms with Gasteiger partial charge in [0.2, 0.25) is 5.91 Å². The molecule has 104 valence electrons. The van der Waals surface area contributed by atoms with Gasteiger partial charge in [-0.15, -0.1) is 0 Å². The van der Waals surface area contributed by atoms with Crippen LogP contribution < -0.4 is 20.7 Å². The monoisotopic (exact) mass is 263 g/mol. The van der Waals surface area contributed by atoms with Gasteiger partial charge in [-0.3, -0.25) is 4.79 Å². The molecule has 0 unspecified atom stereocenters. The van der Waals surface area contributed by atoms with Gasteiger partial charge in [-0.2, -0.15) is 0 Å². The number of anilines is 1. The van der Waals surface area contributed by atoms with E-state index >= 15 is 0 Å². The van der Waals surface area contributed by atoms with Crippen molar-refractivity contribution in [3.8, 4) is 5.75 Å². The van der Waals surface area contributed by atoms with Gasteiger partial charge in [-0.1, -0.05) is 6.07 Å². The van der Waals surface area contributed by atoms with E-state index in [0.29, 0.717) is 19.1 Å². The molecule has 0 spiro atoms. The summed E-state index contributed by atoms with van der Waals surface area (Å²) in [6.45, 7) is 0.768. The zero-order valence-electron chi connectivity index (χ0n) is 11.5. The summed E-state index contributed by atoms with van der Waals surface area (Å²) in [5, 5.41) is 2.98. The van der Waals surface area contributed by atoms with E-state index < -0.39 is 0 Å². The number of nitrogens with zero attached hydrogens (tertiary/aromatic N) is 1. The lowest BCUT2D eigenvalue weighted by molar-refractivity contribution is -0.119. The Balaban J connectivity index is 2.07. The molecular weight excluding hydrogens is 242 g/mol. The first-order chi connectivity index (χ1) is 9.13. The number of ether oxygens (including phenoxy) is 1. The molecule has 5 nitrogen and oxygen atoms in total. The summed E-state index contributed by atoms with van der Waals surface area (Å²) in [4.78, 5) is 13.7. The zero-order valence-corrected chi connectivity index (χ0v) is 11.5. The summed E-state index contributed by atoms with van der Waals surface area (Å²) in [6, 6.07) is 6.11. The number of carbonyl (C=O) groups is 1. The van der Waals surface area contributed by atoms with Crippen LogP contribution in [0.25, 0.3) is 0 Å². The molecule has 0 radical (unpaired) electrons. The molecular formula is C14H21N3O2. The second-order valence-electron chi connectivity index (χ2n) is 4.90. The van der Waals surface area contributed by atoms with E-state index in [-0.39, 0.29) is 5.91 Å². The maximum atomic E-state index is 11.8. The van der Waals surface area contributed by atoms with Gasteiger partial charge in [0.15, 0.2) is 0 Å². The molecule has 0 heterocycles. The quantitative estimate of drug-likeness (QED) is 0.799. The third-order valence-corrected chi connectivity index (χ3v) is 3.25. The number of carbonyl (C=O) groups excluding carboxylic acids is 1. The molecule has 0 aromatic heterocycles. The smallest absolute Gasteiger partial charge is 0.239 e. The first-order valence-corrected chi connectivity index (χ1v) is 6.51. The van der Waals surface area contributed by atoms with Crippen LogP contribution in [0.1, 0.15) is 18.4 Å². The number of nitrogens with one attached hydrogen (secondary N) is 1. The predicted octanol–water partition coefficient (Wildman–Crippen LogP) is 0.869. The lowest BCUT2D eigenvalue weighted by Gasteiger charge is -2.22. The van der Waals surface area contributed by atoms with Crippen molar-refractivity contribution in [2.75, 3.05) is 25.6 Å². The van der Waals surface area contributed by atoms with Crippen LogP contribution in [0.4, 0.5) is 5.69 Å². The molecule has 0 aliphatic heterocycles. The Morgan fingerprint density at radius 1 is 1.53 bits per heavy atom. The number of benzene rings is 1. The minimum Gasteiger partial charge on any atom is -0.497 e. The van der Waals surface area contributed by atoms with Crippen molar-refractivity contribution in [3.05, 3.63) is 23.8 Å². The van der Waals surface area contributed by atoms with Crippen molar-refractivity contribution in [1.29, 1.82) is 0 Å². The fourth-order valence-corrected chi connectivity index (χ4v) is 2.00. The molecule has 3 N–H and O–H groups in total. The van der Waals surface area contributed by atoms with Crippen molar-refractivity contribution >= 4 is 11.6 Å². The average Bonchev–Trinajstić information content (AvgIpc) is 3.21. The maximum Gasteiger partial charge on any atom is 0.239 e. The summed E-state index contributed by atoms with van der Waals surface area (Å²) >= 11 is 0. The number of rotatable bonds is 6. The minimum absolute atomic E-state index is 0.0517. The Bertz CT molecular complexity index is 458. The number of nitrogens with two attached hydrogens (primary N) is 1. The fourth-order valence-electron chi connectivity index (χ4n) is 2.00. The van der Waals surface area contributed by atoms with Gasteiger partial charge in [0, 0.05) is 31.4 Å². The molecule has 19 heavy (non-hydrogen) atoms. The highest BCUT2D eigenvalue weighted by Gasteiger charge is 2.23. The molecule has 0 bridgehead atoms. The van der Waals surface area contributed by atoms with Crippen molar-refractivity contribution < 1.29 is 9.53 Å². The summed E-state index contributed by atoms with van der Waals surface area (Å²) < 4.78 is 5.22. The molecule has 0 atom stereocenters. The third kappa shape index (κ3) is 3.61. The van der Waals surface area contributed by atoms with Gasteiger partial charge in [-0.05, 0) is 24.5 Å². The van der Waals surface area contributed by atoms with Crippen LogP contribution in [-0.2, 0) is 11.3 Å². The van der Waals surface area contributed by atoms with Gasteiger partial charge < -0.3 is 20.7 Å². The molecule has 1 amide bonds. The van der Waals surface area contributed by atoms with Crippen LogP contribution in [-0.4, -0.2) is 32.7 Å². The topological polar surface area (TPSA) is 67.6 Å². The standard InChI is InChI=1S/C14H21N3O2/c1-17(9-14(18)16-11-4-5-11)13-7-12(19-2)6-3-10(13)8-15/h3,6-7,11H,4-5,8-9,15H2,1-2H3,(H,16,18). The number of amides is 1. The molecule has 2 rings (SSSR count). The molecule has 1 fully saturated rings. The minimum atomic E-state index is 0.0517. The molecule has 1 aromatic rings. The summed E-state index contributed by atoms with van der Waals surface area (Å²) in [5.74, 6) is 0.817. The van der Waals surface area contributed by atoms with Crippen molar-refractivity contribution in [3.63, 3.8) is 0 Å². The van der Waals surface area contributed by atoms with Crippen molar-refractivity contribution in [2.45, 2.75) is 25.4 Å². The Kier molecular flexibility index (Phi) is 4.27. The van der Waals surface area contributed by atoms with E-state index in [2.05, 4.69) is 5.32 Å².